The number of hydrogen-bond donors (Lipinski definition) is 1. The van der Waals surface area contributed by atoms with E-state index in [9.17, 15) is 0 Å². The fourth-order valence-electron chi connectivity index (χ4n) is 1.66. The molecule has 16 heavy (non-hydrogen) atoms. The second kappa shape index (κ2) is 4.92. The van der Waals surface area contributed by atoms with E-state index < -0.39 is 0 Å². The Bertz CT molecular complexity index is 442. The van der Waals surface area contributed by atoms with Crippen molar-refractivity contribution in [3.05, 3.63) is 35.7 Å². The third-order valence-corrected chi connectivity index (χ3v) is 2.64. The van der Waals surface area contributed by atoms with Crippen LogP contribution in [0.2, 0.25) is 0 Å². The molecular weight excluding hydrogens is 198 g/mol. The van der Waals surface area contributed by atoms with Gasteiger partial charge in [0.05, 0.1) is 0 Å². The third kappa shape index (κ3) is 2.30. The Morgan fingerprint density at radius 3 is 2.50 bits per heavy atom. The number of rotatable bonds is 4. The highest BCUT2D eigenvalue weighted by Crippen LogP contribution is 2.15. The highest BCUT2D eigenvalue weighted by molar-refractivity contribution is 5.54. The van der Waals surface area contributed by atoms with Crippen LogP contribution in [0.15, 0.2) is 24.3 Å². The lowest BCUT2D eigenvalue weighted by molar-refractivity contribution is 0.841. The zero-order valence-electron chi connectivity index (χ0n) is 9.83. The summed E-state index contributed by atoms with van der Waals surface area (Å²) in [6, 6.07) is 8.42. The van der Waals surface area contributed by atoms with Gasteiger partial charge in [0.1, 0.15) is 5.82 Å². The first-order chi connectivity index (χ1) is 7.83. The van der Waals surface area contributed by atoms with Gasteiger partial charge in [0, 0.05) is 12.0 Å². The molecule has 84 valence electrons. The molecule has 0 amide bonds. The van der Waals surface area contributed by atoms with Gasteiger partial charge in [-0.15, -0.1) is 0 Å². The van der Waals surface area contributed by atoms with E-state index >= 15 is 0 Å². The summed E-state index contributed by atoms with van der Waals surface area (Å²) in [5, 5.41) is 7.20. The van der Waals surface area contributed by atoms with Crippen molar-refractivity contribution < 1.29 is 0 Å². The van der Waals surface area contributed by atoms with E-state index in [-0.39, 0.29) is 0 Å². The molecule has 1 heterocycles. The third-order valence-electron chi connectivity index (χ3n) is 2.64. The van der Waals surface area contributed by atoms with Gasteiger partial charge in [-0.2, -0.15) is 5.10 Å². The van der Waals surface area contributed by atoms with Gasteiger partial charge in [-0.1, -0.05) is 38.1 Å². The molecule has 0 unspecified atom stereocenters. The van der Waals surface area contributed by atoms with E-state index in [1.807, 2.05) is 0 Å². The van der Waals surface area contributed by atoms with Crippen LogP contribution in [0.25, 0.3) is 11.4 Å². The van der Waals surface area contributed by atoms with E-state index in [4.69, 9.17) is 0 Å². The Balaban J connectivity index is 2.21. The van der Waals surface area contributed by atoms with Crippen LogP contribution in [0.4, 0.5) is 0 Å². The van der Waals surface area contributed by atoms with Crippen LogP contribution in [0, 0.1) is 0 Å². The molecule has 0 aliphatic heterocycles. The second-order valence-corrected chi connectivity index (χ2v) is 3.91. The molecule has 1 N–H and O–H groups in total. The van der Waals surface area contributed by atoms with Crippen LogP contribution in [0.5, 0.6) is 0 Å². The van der Waals surface area contributed by atoms with E-state index in [0.717, 1.165) is 36.5 Å². The van der Waals surface area contributed by atoms with Crippen LogP contribution < -0.4 is 0 Å². The van der Waals surface area contributed by atoms with Crippen molar-refractivity contribution in [1.29, 1.82) is 0 Å². The zero-order chi connectivity index (χ0) is 11.4. The van der Waals surface area contributed by atoms with Crippen molar-refractivity contribution in [3.8, 4) is 11.4 Å². The molecule has 0 atom stereocenters. The summed E-state index contributed by atoms with van der Waals surface area (Å²) in [5.74, 6) is 1.77. The second-order valence-electron chi connectivity index (χ2n) is 3.91. The van der Waals surface area contributed by atoms with Crippen molar-refractivity contribution in [2.45, 2.75) is 33.1 Å². The molecule has 2 rings (SSSR count). The van der Waals surface area contributed by atoms with Crippen molar-refractivity contribution in [2.75, 3.05) is 0 Å². The lowest BCUT2D eigenvalue weighted by Gasteiger charge is -1.97. The fraction of sp³-hybridized carbons (Fsp3) is 0.385. The average Bonchev–Trinajstić information content (AvgIpc) is 2.78. The maximum atomic E-state index is 4.46. The minimum atomic E-state index is 0.797. The van der Waals surface area contributed by atoms with Gasteiger partial charge in [-0.05, 0) is 18.4 Å². The molecule has 0 fully saturated rings. The van der Waals surface area contributed by atoms with Crippen LogP contribution in [-0.4, -0.2) is 15.2 Å². The largest absolute Gasteiger partial charge is 0.263 e. The lowest BCUT2D eigenvalue weighted by Crippen LogP contribution is -1.86. The molecule has 3 nitrogen and oxygen atoms in total. The molecule has 1 aromatic carbocycles. The van der Waals surface area contributed by atoms with Gasteiger partial charge in [-0.3, -0.25) is 5.10 Å². The summed E-state index contributed by atoms with van der Waals surface area (Å²) in [7, 11) is 0. The summed E-state index contributed by atoms with van der Waals surface area (Å²) < 4.78 is 0. The Labute approximate surface area is 95.9 Å². The highest BCUT2D eigenvalue weighted by atomic mass is 15.2. The summed E-state index contributed by atoms with van der Waals surface area (Å²) >= 11 is 0. The summed E-state index contributed by atoms with van der Waals surface area (Å²) in [5.41, 5.74) is 2.42. The predicted octanol–water partition coefficient (Wildman–Crippen LogP) is 2.99. The maximum Gasteiger partial charge on any atom is 0.181 e. The first-order valence-corrected chi connectivity index (χ1v) is 5.84. The van der Waals surface area contributed by atoms with Crippen molar-refractivity contribution in [2.24, 2.45) is 0 Å². The normalized spacial score (nSPS) is 10.6. The predicted molar refractivity (Wildman–Crippen MR) is 65.2 cm³/mol. The van der Waals surface area contributed by atoms with Gasteiger partial charge in [-0.25, -0.2) is 4.98 Å². The average molecular weight is 215 g/mol. The standard InChI is InChI=1S/C13H17N3/c1-3-5-12-14-13(16-15-12)11-8-6-10(4-2)7-9-11/h6-9H,3-5H2,1-2H3,(H,14,15,16). The Hall–Kier alpha value is -1.64. The maximum absolute atomic E-state index is 4.46. The van der Waals surface area contributed by atoms with Crippen molar-refractivity contribution in [1.82, 2.24) is 15.2 Å². The van der Waals surface area contributed by atoms with E-state index in [1.165, 1.54) is 5.56 Å². The number of nitrogens with one attached hydrogen (secondary N) is 1. The van der Waals surface area contributed by atoms with Crippen LogP contribution in [0.1, 0.15) is 31.7 Å². The summed E-state index contributed by atoms with van der Waals surface area (Å²) in [6.45, 7) is 4.29. The Morgan fingerprint density at radius 1 is 1.12 bits per heavy atom. The van der Waals surface area contributed by atoms with Crippen molar-refractivity contribution >= 4 is 0 Å². The highest BCUT2D eigenvalue weighted by Gasteiger charge is 2.04. The molecule has 2 aromatic rings. The van der Waals surface area contributed by atoms with E-state index in [2.05, 4.69) is 53.3 Å². The molecule has 0 saturated carbocycles. The molecule has 0 aliphatic rings. The number of H-pyrrole nitrogens is 1. The number of nitrogens with zero attached hydrogens (tertiary/aromatic N) is 2. The molecule has 0 bridgehead atoms. The SMILES string of the molecule is CCCc1nc(-c2ccc(CC)cc2)n[nH]1. The van der Waals surface area contributed by atoms with Gasteiger partial charge in [0.25, 0.3) is 0 Å². The topological polar surface area (TPSA) is 41.6 Å². The fourth-order valence-corrected chi connectivity index (χ4v) is 1.66. The molecular formula is C13H17N3. The van der Waals surface area contributed by atoms with E-state index in [0.29, 0.717) is 0 Å². The number of benzene rings is 1. The van der Waals surface area contributed by atoms with Crippen LogP contribution in [-0.2, 0) is 12.8 Å². The quantitative estimate of drug-likeness (QED) is 0.851. The Kier molecular flexibility index (Phi) is 3.34. The first-order valence-electron chi connectivity index (χ1n) is 5.84. The summed E-state index contributed by atoms with van der Waals surface area (Å²) in [4.78, 5) is 4.46. The van der Waals surface area contributed by atoms with Crippen LogP contribution in [0.3, 0.4) is 0 Å². The zero-order valence-corrected chi connectivity index (χ0v) is 9.83. The minimum Gasteiger partial charge on any atom is -0.263 e. The molecule has 0 aliphatic carbocycles. The molecule has 3 heteroatoms. The molecule has 1 aromatic heterocycles. The van der Waals surface area contributed by atoms with Gasteiger partial charge >= 0.3 is 0 Å². The number of aromatic nitrogens is 3. The van der Waals surface area contributed by atoms with E-state index in [1.54, 1.807) is 0 Å². The molecule has 0 radical (unpaired) electrons. The minimum absolute atomic E-state index is 0.797. The first kappa shape index (κ1) is 10.9. The molecule has 0 spiro atoms. The summed E-state index contributed by atoms with van der Waals surface area (Å²) in [6.07, 6.45) is 3.11. The monoisotopic (exact) mass is 215 g/mol. The smallest absolute Gasteiger partial charge is 0.181 e. The number of aromatic amines is 1. The Morgan fingerprint density at radius 2 is 1.88 bits per heavy atom. The number of hydrogen-bond acceptors (Lipinski definition) is 2. The van der Waals surface area contributed by atoms with Gasteiger partial charge in [0.2, 0.25) is 0 Å². The van der Waals surface area contributed by atoms with Crippen LogP contribution >= 0.6 is 0 Å². The molecule has 0 saturated heterocycles. The van der Waals surface area contributed by atoms with Crippen molar-refractivity contribution in [3.63, 3.8) is 0 Å². The lowest BCUT2D eigenvalue weighted by atomic mass is 10.1. The van der Waals surface area contributed by atoms with Gasteiger partial charge < -0.3 is 0 Å². The number of aryl methyl sites for hydroxylation is 2. The van der Waals surface area contributed by atoms with Gasteiger partial charge in [0.15, 0.2) is 5.82 Å².